The van der Waals surface area contributed by atoms with Gasteiger partial charge >= 0.3 is 0 Å². The van der Waals surface area contributed by atoms with Crippen molar-refractivity contribution in [1.29, 1.82) is 0 Å². The monoisotopic (exact) mass is 344 g/mol. The number of benzene rings is 3. The highest BCUT2D eigenvalue weighted by Crippen LogP contribution is 2.20. The van der Waals surface area contributed by atoms with Gasteiger partial charge in [0.05, 0.1) is 0 Å². The molecular formula is C21H16N2O3. The van der Waals surface area contributed by atoms with Gasteiger partial charge in [-0.05, 0) is 36.4 Å². The van der Waals surface area contributed by atoms with Crippen LogP contribution in [0, 0.1) is 0 Å². The number of ether oxygens (including phenoxy) is 1. The number of fused-ring (bicyclic) bond motifs is 1. The van der Waals surface area contributed by atoms with Crippen LogP contribution in [0.15, 0.2) is 83.3 Å². The molecule has 0 saturated carbocycles. The first-order valence-corrected chi connectivity index (χ1v) is 8.22. The van der Waals surface area contributed by atoms with Crippen molar-refractivity contribution in [2.75, 3.05) is 5.32 Å². The second-order valence-electron chi connectivity index (χ2n) is 5.71. The van der Waals surface area contributed by atoms with E-state index < -0.39 is 0 Å². The van der Waals surface area contributed by atoms with Gasteiger partial charge in [0.2, 0.25) is 5.89 Å². The van der Waals surface area contributed by atoms with Gasteiger partial charge in [0.25, 0.3) is 5.91 Å². The zero-order valence-electron chi connectivity index (χ0n) is 13.9. The van der Waals surface area contributed by atoms with Crippen molar-refractivity contribution in [3.05, 3.63) is 90.3 Å². The molecule has 0 saturated heterocycles. The van der Waals surface area contributed by atoms with Crippen LogP contribution in [0.5, 0.6) is 5.75 Å². The minimum Gasteiger partial charge on any atom is -0.484 e. The van der Waals surface area contributed by atoms with Gasteiger partial charge in [0.15, 0.2) is 12.2 Å². The minimum atomic E-state index is -0.165. The first kappa shape index (κ1) is 15.9. The topological polar surface area (TPSA) is 64.4 Å². The molecule has 26 heavy (non-hydrogen) atoms. The molecule has 1 amide bonds. The Bertz CT molecular complexity index is 1010. The van der Waals surface area contributed by atoms with Crippen LogP contribution in [0.4, 0.5) is 5.69 Å². The lowest BCUT2D eigenvalue weighted by Crippen LogP contribution is -2.11. The van der Waals surface area contributed by atoms with Gasteiger partial charge in [-0.15, -0.1) is 0 Å². The van der Waals surface area contributed by atoms with Crippen LogP contribution in [0.3, 0.4) is 0 Å². The number of rotatable bonds is 5. The number of nitrogens with one attached hydrogen (secondary N) is 1. The van der Waals surface area contributed by atoms with Gasteiger partial charge in [-0.1, -0.05) is 36.4 Å². The van der Waals surface area contributed by atoms with Crippen molar-refractivity contribution >= 4 is 22.7 Å². The van der Waals surface area contributed by atoms with Crippen LogP contribution in [0.2, 0.25) is 0 Å². The van der Waals surface area contributed by atoms with Crippen LogP contribution < -0.4 is 10.1 Å². The van der Waals surface area contributed by atoms with Gasteiger partial charge in [0.1, 0.15) is 11.3 Å². The Morgan fingerprint density at radius 2 is 1.77 bits per heavy atom. The van der Waals surface area contributed by atoms with Gasteiger partial charge < -0.3 is 14.5 Å². The number of hydrogen-bond donors (Lipinski definition) is 1. The van der Waals surface area contributed by atoms with E-state index in [0.717, 1.165) is 11.1 Å². The molecule has 1 heterocycles. The summed E-state index contributed by atoms with van der Waals surface area (Å²) in [4.78, 5) is 16.6. The summed E-state index contributed by atoms with van der Waals surface area (Å²) in [5, 5.41) is 2.86. The summed E-state index contributed by atoms with van der Waals surface area (Å²) in [5.74, 6) is 0.963. The molecule has 1 N–H and O–H groups in total. The van der Waals surface area contributed by atoms with Gasteiger partial charge in [-0.2, -0.15) is 0 Å². The minimum absolute atomic E-state index is 0.165. The van der Waals surface area contributed by atoms with Crippen LogP contribution in [-0.2, 0) is 6.61 Å². The SMILES string of the molecule is O=C(Nc1cccc(OCc2nc3ccccc3o2)c1)c1ccccc1. The molecule has 5 nitrogen and oxygen atoms in total. The van der Waals surface area contributed by atoms with Crippen molar-refractivity contribution in [3.63, 3.8) is 0 Å². The molecule has 5 heteroatoms. The van der Waals surface area contributed by atoms with E-state index in [0.29, 0.717) is 22.9 Å². The van der Waals surface area contributed by atoms with Crippen molar-refractivity contribution < 1.29 is 13.9 Å². The van der Waals surface area contributed by atoms with E-state index in [9.17, 15) is 4.79 Å². The first-order chi connectivity index (χ1) is 12.8. The highest BCUT2D eigenvalue weighted by molar-refractivity contribution is 6.04. The molecule has 4 rings (SSSR count). The van der Waals surface area contributed by atoms with E-state index in [-0.39, 0.29) is 12.5 Å². The predicted molar refractivity (Wildman–Crippen MR) is 99.2 cm³/mol. The molecule has 0 aliphatic carbocycles. The molecule has 128 valence electrons. The van der Waals surface area contributed by atoms with E-state index in [2.05, 4.69) is 10.3 Å². The number of para-hydroxylation sites is 2. The van der Waals surface area contributed by atoms with Crippen molar-refractivity contribution in [2.45, 2.75) is 6.61 Å². The third-order valence-electron chi connectivity index (χ3n) is 3.83. The van der Waals surface area contributed by atoms with Gasteiger partial charge in [0, 0.05) is 17.3 Å². The van der Waals surface area contributed by atoms with Crippen molar-refractivity contribution in [3.8, 4) is 5.75 Å². The maximum atomic E-state index is 12.2. The summed E-state index contributed by atoms with van der Waals surface area (Å²) in [5.41, 5.74) is 2.80. The predicted octanol–water partition coefficient (Wildman–Crippen LogP) is 4.66. The second kappa shape index (κ2) is 7.11. The average Bonchev–Trinajstić information content (AvgIpc) is 3.10. The summed E-state index contributed by atoms with van der Waals surface area (Å²) in [7, 11) is 0. The fraction of sp³-hybridized carbons (Fsp3) is 0.0476. The molecule has 0 aliphatic rings. The normalized spacial score (nSPS) is 10.6. The van der Waals surface area contributed by atoms with Crippen molar-refractivity contribution in [2.24, 2.45) is 0 Å². The smallest absolute Gasteiger partial charge is 0.255 e. The fourth-order valence-corrected chi connectivity index (χ4v) is 2.58. The standard InChI is InChI=1S/C21H16N2O3/c24-21(15-7-2-1-3-8-15)22-16-9-6-10-17(13-16)25-14-20-23-18-11-4-5-12-19(18)26-20/h1-13H,14H2,(H,22,24). The summed E-state index contributed by atoms with van der Waals surface area (Å²) in [6.45, 7) is 0.213. The van der Waals surface area contributed by atoms with E-state index >= 15 is 0 Å². The zero-order chi connectivity index (χ0) is 17.8. The van der Waals surface area contributed by atoms with Crippen molar-refractivity contribution in [1.82, 2.24) is 4.98 Å². The van der Waals surface area contributed by atoms with Crippen LogP contribution in [0.1, 0.15) is 16.2 Å². The molecule has 0 atom stereocenters. The van der Waals surface area contributed by atoms with E-state index in [1.54, 1.807) is 18.2 Å². The molecule has 0 radical (unpaired) electrons. The third kappa shape index (κ3) is 3.57. The molecule has 1 aromatic heterocycles. The summed E-state index contributed by atoms with van der Waals surface area (Å²) in [6, 6.07) is 23.9. The van der Waals surface area contributed by atoms with E-state index in [1.807, 2.05) is 60.7 Å². The quantitative estimate of drug-likeness (QED) is 0.572. The summed E-state index contributed by atoms with van der Waals surface area (Å²) < 4.78 is 11.4. The fourth-order valence-electron chi connectivity index (χ4n) is 2.58. The largest absolute Gasteiger partial charge is 0.484 e. The molecule has 4 aromatic rings. The Hall–Kier alpha value is -3.60. The van der Waals surface area contributed by atoms with Crippen LogP contribution in [0.25, 0.3) is 11.1 Å². The van der Waals surface area contributed by atoms with Crippen LogP contribution >= 0.6 is 0 Å². The highest BCUT2D eigenvalue weighted by Gasteiger charge is 2.08. The maximum Gasteiger partial charge on any atom is 0.255 e. The lowest BCUT2D eigenvalue weighted by Gasteiger charge is -2.08. The Morgan fingerprint density at radius 1 is 0.962 bits per heavy atom. The average molecular weight is 344 g/mol. The summed E-state index contributed by atoms with van der Waals surface area (Å²) >= 11 is 0. The third-order valence-corrected chi connectivity index (χ3v) is 3.83. The number of carbonyl (C=O) groups is 1. The number of amides is 1. The molecule has 0 unspecified atom stereocenters. The van der Waals surface area contributed by atoms with E-state index in [1.165, 1.54) is 0 Å². The lowest BCUT2D eigenvalue weighted by molar-refractivity contribution is 0.102. The Kier molecular flexibility index (Phi) is 4.35. The maximum absolute atomic E-state index is 12.2. The number of anilines is 1. The number of carbonyl (C=O) groups excluding carboxylic acids is 1. The molecule has 3 aromatic carbocycles. The number of oxazole rings is 1. The number of aromatic nitrogens is 1. The Labute approximate surface area is 150 Å². The zero-order valence-corrected chi connectivity index (χ0v) is 13.9. The molecule has 0 aliphatic heterocycles. The second-order valence-corrected chi connectivity index (χ2v) is 5.71. The highest BCUT2D eigenvalue weighted by atomic mass is 16.5. The summed E-state index contributed by atoms with van der Waals surface area (Å²) in [6.07, 6.45) is 0. The molecule has 0 spiro atoms. The molecule has 0 bridgehead atoms. The van der Waals surface area contributed by atoms with Gasteiger partial charge in [-0.25, -0.2) is 4.98 Å². The van der Waals surface area contributed by atoms with E-state index in [4.69, 9.17) is 9.15 Å². The lowest BCUT2D eigenvalue weighted by atomic mass is 10.2. The molecule has 0 fully saturated rings. The number of nitrogens with zero attached hydrogens (tertiary/aromatic N) is 1. The van der Waals surface area contributed by atoms with Gasteiger partial charge in [-0.3, -0.25) is 4.79 Å². The molecular weight excluding hydrogens is 328 g/mol. The van der Waals surface area contributed by atoms with Crippen LogP contribution in [-0.4, -0.2) is 10.9 Å². The first-order valence-electron chi connectivity index (χ1n) is 8.22. The number of hydrogen-bond acceptors (Lipinski definition) is 4. The Balaban J connectivity index is 1.43. The Morgan fingerprint density at radius 3 is 2.62 bits per heavy atom.